The van der Waals surface area contributed by atoms with Gasteiger partial charge in [-0.05, 0) is 19.1 Å². The van der Waals surface area contributed by atoms with Gasteiger partial charge in [0.05, 0.1) is 22.2 Å². The molecule has 0 radical (unpaired) electrons. The van der Waals surface area contributed by atoms with Gasteiger partial charge in [-0.1, -0.05) is 29.3 Å². The molecule has 0 spiro atoms. The molecule has 1 aromatic rings. The van der Waals surface area contributed by atoms with Crippen LogP contribution in [0.4, 0.5) is 0 Å². The van der Waals surface area contributed by atoms with Crippen molar-refractivity contribution in [2.24, 2.45) is 0 Å². The second-order valence-electron chi connectivity index (χ2n) is 4.80. The van der Waals surface area contributed by atoms with Crippen molar-refractivity contribution in [2.75, 3.05) is 26.2 Å². The van der Waals surface area contributed by atoms with E-state index in [4.69, 9.17) is 28.5 Å². The Hall–Kier alpha value is -0.840. The fourth-order valence-electron chi connectivity index (χ4n) is 2.27. The summed E-state index contributed by atoms with van der Waals surface area (Å²) in [5.74, 6) is 0. The van der Waals surface area contributed by atoms with Crippen molar-refractivity contribution in [1.29, 1.82) is 5.26 Å². The molecule has 1 aliphatic rings. The van der Waals surface area contributed by atoms with E-state index in [1.807, 2.05) is 4.90 Å². The van der Waals surface area contributed by atoms with Gasteiger partial charge in [-0.2, -0.15) is 9.57 Å². The summed E-state index contributed by atoms with van der Waals surface area (Å²) < 4.78 is 26.7. The maximum Gasteiger partial charge on any atom is 0.246 e. The van der Waals surface area contributed by atoms with Crippen molar-refractivity contribution in [3.05, 3.63) is 28.2 Å². The van der Waals surface area contributed by atoms with E-state index in [1.165, 1.54) is 16.4 Å². The predicted molar refractivity (Wildman–Crippen MR) is 81.9 cm³/mol. The lowest BCUT2D eigenvalue weighted by Gasteiger charge is -2.35. The molecule has 1 aliphatic heterocycles. The third-order valence-corrected chi connectivity index (χ3v) is 6.38. The van der Waals surface area contributed by atoms with Crippen molar-refractivity contribution >= 4 is 33.2 Å². The van der Waals surface area contributed by atoms with Gasteiger partial charge in [0.15, 0.2) is 0 Å². The van der Waals surface area contributed by atoms with Gasteiger partial charge in [0, 0.05) is 26.2 Å². The molecule has 1 atom stereocenters. The van der Waals surface area contributed by atoms with Gasteiger partial charge in [-0.25, -0.2) is 8.42 Å². The Labute approximate surface area is 134 Å². The normalized spacial score (nSPS) is 19.1. The lowest BCUT2D eigenvalue weighted by atomic mass is 10.2. The molecular formula is C13H15Cl2N3O2S. The number of sulfonamides is 1. The summed E-state index contributed by atoms with van der Waals surface area (Å²) in [5, 5.41) is 9.15. The van der Waals surface area contributed by atoms with Gasteiger partial charge < -0.3 is 0 Å². The minimum absolute atomic E-state index is 0.0462. The fraction of sp³-hybridized carbons (Fsp3) is 0.462. The zero-order valence-corrected chi connectivity index (χ0v) is 13.8. The molecule has 0 bridgehead atoms. The highest BCUT2D eigenvalue weighted by Gasteiger charge is 2.32. The molecule has 0 saturated carbocycles. The molecular weight excluding hydrogens is 333 g/mol. The highest BCUT2D eigenvalue weighted by molar-refractivity contribution is 7.89. The van der Waals surface area contributed by atoms with Crippen LogP contribution in [0, 0.1) is 11.3 Å². The van der Waals surface area contributed by atoms with Crippen LogP contribution in [0.5, 0.6) is 0 Å². The minimum Gasteiger partial charge on any atom is -0.286 e. The molecule has 2 rings (SSSR count). The van der Waals surface area contributed by atoms with Crippen molar-refractivity contribution in [1.82, 2.24) is 9.21 Å². The molecule has 0 aromatic heterocycles. The smallest absolute Gasteiger partial charge is 0.246 e. The number of nitrogens with zero attached hydrogens (tertiary/aromatic N) is 3. The van der Waals surface area contributed by atoms with Crippen LogP contribution < -0.4 is 0 Å². The number of benzene rings is 1. The molecule has 1 fully saturated rings. The number of hydrogen-bond acceptors (Lipinski definition) is 4. The van der Waals surface area contributed by atoms with E-state index in [-0.39, 0.29) is 21.0 Å². The van der Waals surface area contributed by atoms with Crippen molar-refractivity contribution in [3.63, 3.8) is 0 Å². The molecule has 1 saturated heterocycles. The SMILES string of the molecule is C[C@H](C#N)N1CCN(S(=O)(=O)c2c(Cl)cccc2Cl)CC1. The highest BCUT2D eigenvalue weighted by Crippen LogP contribution is 2.31. The second-order valence-corrected chi connectivity index (χ2v) is 7.49. The first-order chi connectivity index (χ1) is 9.87. The molecule has 1 aromatic carbocycles. The molecule has 21 heavy (non-hydrogen) atoms. The largest absolute Gasteiger partial charge is 0.286 e. The summed E-state index contributed by atoms with van der Waals surface area (Å²) in [6, 6.07) is 6.55. The topological polar surface area (TPSA) is 64.4 Å². The van der Waals surface area contributed by atoms with Gasteiger partial charge >= 0.3 is 0 Å². The lowest BCUT2D eigenvalue weighted by molar-refractivity contribution is 0.169. The molecule has 114 valence electrons. The molecule has 0 N–H and O–H groups in total. The van der Waals surface area contributed by atoms with Crippen LogP contribution >= 0.6 is 23.2 Å². The molecule has 5 nitrogen and oxygen atoms in total. The number of nitriles is 1. The summed E-state index contributed by atoms with van der Waals surface area (Å²) in [4.78, 5) is 1.90. The van der Waals surface area contributed by atoms with Gasteiger partial charge in [-0.3, -0.25) is 4.90 Å². The Kier molecular flexibility index (Phi) is 5.12. The zero-order valence-electron chi connectivity index (χ0n) is 11.5. The average Bonchev–Trinajstić information content (AvgIpc) is 2.46. The number of piperazine rings is 1. The molecule has 1 heterocycles. The number of halogens is 2. The Morgan fingerprint density at radius 3 is 2.19 bits per heavy atom. The summed E-state index contributed by atoms with van der Waals surface area (Å²) in [6.07, 6.45) is 0. The summed E-state index contributed by atoms with van der Waals surface area (Å²) in [6.45, 7) is 3.45. The fourth-order valence-corrected chi connectivity index (χ4v) is 4.78. The van der Waals surface area contributed by atoms with Crippen LogP contribution in [0.25, 0.3) is 0 Å². The number of rotatable bonds is 3. The molecule has 8 heteroatoms. The van der Waals surface area contributed by atoms with E-state index in [0.717, 1.165) is 0 Å². The van der Waals surface area contributed by atoms with Crippen molar-refractivity contribution in [2.45, 2.75) is 17.9 Å². The van der Waals surface area contributed by atoms with Gasteiger partial charge in [0.25, 0.3) is 0 Å². The first-order valence-corrected chi connectivity index (χ1v) is 8.65. The quantitative estimate of drug-likeness (QED) is 0.840. The number of hydrogen-bond donors (Lipinski definition) is 0. The van der Waals surface area contributed by atoms with E-state index in [0.29, 0.717) is 26.2 Å². The third-order valence-electron chi connectivity index (χ3n) is 3.52. The Morgan fingerprint density at radius 1 is 1.19 bits per heavy atom. The maximum atomic E-state index is 12.6. The summed E-state index contributed by atoms with van der Waals surface area (Å²) in [7, 11) is -3.72. The third kappa shape index (κ3) is 3.33. The van der Waals surface area contributed by atoms with Crippen LogP contribution in [0.2, 0.25) is 10.0 Å². The van der Waals surface area contributed by atoms with Crippen LogP contribution in [-0.2, 0) is 10.0 Å². The Morgan fingerprint density at radius 2 is 1.71 bits per heavy atom. The first-order valence-electron chi connectivity index (χ1n) is 6.45. The van der Waals surface area contributed by atoms with Gasteiger partial charge in [0.1, 0.15) is 4.90 Å². The van der Waals surface area contributed by atoms with E-state index in [1.54, 1.807) is 13.0 Å². The predicted octanol–water partition coefficient (Wildman–Crippen LogP) is 2.21. The second kappa shape index (κ2) is 6.51. The van der Waals surface area contributed by atoms with E-state index >= 15 is 0 Å². The zero-order chi connectivity index (χ0) is 15.6. The maximum absolute atomic E-state index is 12.6. The van der Waals surface area contributed by atoms with Crippen LogP contribution in [0.3, 0.4) is 0 Å². The van der Waals surface area contributed by atoms with Gasteiger partial charge in [-0.15, -0.1) is 0 Å². The summed E-state index contributed by atoms with van der Waals surface area (Å²) in [5.41, 5.74) is 0. The van der Waals surface area contributed by atoms with E-state index < -0.39 is 10.0 Å². The molecule has 0 unspecified atom stereocenters. The Balaban J connectivity index is 2.22. The van der Waals surface area contributed by atoms with Crippen LogP contribution in [0.1, 0.15) is 6.92 Å². The van der Waals surface area contributed by atoms with Gasteiger partial charge in [0.2, 0.25) is 10.0 Å². The van der Waals surface area contributed by atoms with E-state index in [2.05, 4.69) is 6.07 Å². The summed E-state index contributed by atoms with van der Waals surface area (Å²) >= 11 is 12.0. The molecule has 0 amide bonds. The van der Waals surface area contributed by atoms with Crippen molar-refractivity contribution in [3.8, 4) is 6.07 Å². The van der Waals surface area contributed by atoms with Crippen LogP contribution in [-0.4, -0.2) is 49.8 Å². The molecule has 0 aliphatic carbocycles. The van der Waals surface area contributed by atoms with Crippen molar-refractivity contribution < 1.29 is 8.42 Å². The first kappa shape index (κ1) is 16.5. The standard InChI is InChI=1S/C13H15Cl2N3O2S/c1-10(9-16)17-5-7-18(8-6-17)21(19,20)13-11(14)3-2-4-12(13)15/h2-4,10H,5-8H2,1H3/t10-/m1/s1. The monoisotopic (exact) mass is 347 g/mol. The Bertz CT molecular complexity index is 644. The highest BCUT2D eigenvalue weighted by atomic mass is 35.5. The lowest BCUT2D eigenvalue weighted by Crippen LogP contribution is -2.51. The van der Waals surface area contributed by atoms with E-state index in [9.17, 15) is 8.42 Å². The van der Waals surface area contributed by atoms with Crippen LogP contribution in [0.15, 0.2) is 23.1 Å². The average molecular weight is 348 g/mol. The minimum atomic E-state index is -3.72.